The van der Waals surface area contributed by atoms with Gasteiger partial charge in [-0.15, -0.1) is 0 Å². The molecule has 0 aliphatic rings. The highest BCUT2D eigenvalue weighted by atomic mass is 32.1. The standard InChI is InChI=1S/C28H37F3N4OS.C2H6/c1-6-7-8-9-14-27(2,3)19-36-23-13-12-21(16-22(23)28(29,30)31)33-26-34-25(20-11-10-15-32-17-20)24(37-26)18-35(4)5;1-2/h10-13,15-17H,6-9,14,18-19H2,1-5H3,(H,33,34);1-2H3. The number of benzene rings is 1. The Balaban J connectivity index is 0.00000260. The molecule has 0 fully saturated rings. The van der Waals surface area contributed by atoms with Crippen LogP contribution in [0.4, 0.5) is 24.0 Å². The van der Waals surface area contributed by atoms with E-state index >= 15 is 0 Å². The van der Waals surface area contributed by atoms with Crippen LogP contribution in [0, 0.1) is 5.41 Å². The third-order valence-corrected chi connectivity index (χ3v) is 6.91. The zero-order valence-electron chi connectivity index (χ0n) is 24.3. The van der Waals surface area contributed by atoms with Crippen molar-refractivity contribution in [2.24, 2.45) is 5.41 Å². The predicted octanol–water partition coefficient (Wildman–Crippen LogP) is 9.43. The first-order valence-corrected chi connectivity index (χ1v) is 14.5. The van der Waals surface area contributed by atoms with Crippen molar-refractivity contribution in [3.05, 3.63) is 53.2 Å². The largest absolute Gasteiger partial charge is 0.492 e. The number of aromatic nitrogens is 2. The molecule has 0 bridgehead atoms. The lowest BCUT2D eigenvalue weighted by molar-refractivity contribution is -0.139. The molecular weight excluding hydrogens is 521 g/mol. The van der Waals surface area contributed by atoms with E-state index in [9.17, 15) is 13.2 Å². The molecule has 1 aromatic carbocycles. The zero-order chi connectivity index (χ0) is 29.1. The van der Waals surface area contributed by atoms with Crippen molar-refractivity contribution in [1.29, 1.82) is 0 Å². The lowest BCUT2D eigenvalue weighted by Gasteiger charge is -2.26. The average molecular weight is 565 g/mol. The fourth-order valence-electron chi connectivity index (χ4n) is 3.98. The molecule has 2 heterocycles. The fraction of sp³-hybridized carbons (Fsp3) is 0.533. The molecule has 9 heteroatoms. The Morgan fingerprint density at radius 2 is 1.79 bits per heavy atom. The van der Waals surface area contributed by atoms with Gasteiger partial charge in [-0.1, -0.05) is 71.6 Å². The van der Waals surface area contributed by atoms with E-state index < -0.39 is 11.7 Å². The first-order chi connectivity index (χ1) is 18.5. The van der Waals surface area contributed by atoms with Crippen molar-refractivity contribution in [3.63, 3.8) is 0 Å². The van der Waals surface area contributed by atoms with Gasteiger partial charge >= 0.3 is 6.18 Å². The number of anilines is 2. The second-order valence-electron chi connectivity index (χ2n) is 10.4. The summed E-state index contributed by atoms with van der Waals surface area (Å²) >= 11 is 1.42. The van der Waals surface area contributed by atoms with Gasteiger partial charge in [-0.2, -0.15) is 13.2 Å². The summed E-state index contributed by atoms with van der Waals surface area (Å²) in [5.41, 5.74) is 0.935. The van der Waals surface area contributed by atoms with Crippen LogP contribution in [0.15, 0.2) is 42.7 Å². The van der Waals surface area contributed by atoms with Gasteiger partial charge in [-0.05, 0) is 56.3 Å². The summed E-state index contributed by atoms with van der Waals surface area (Å²) in [5.74, 6) is -0.150. The summed E-state index contributed by atoms with van der Waals surface area (Å²) in [6.07, 6.45) is 4.28. The SMILES string of the molecule is CC.CCCCCCC(C)(C)COc1ccc(Nc2nc(-c3cccnc3)c(CN(C)C)s2)cc1C(F)(F)F. The Hall–Kier alpha value is -2.65. The first kappa shape index (κ1) is 32.6. The Morgan fingerprint density at radius 3 is 2.41 bits per heavy atom. The van der Waals surface area contributed by atoms with Gasteiger partial charge < -0.3 is 15.0 Å². The number of unbranched alkanes of at least 4 members (excludes halogenated alkanes) is 3. The van der Waals surface area contributed by atoms with Crippen LogP contribution in [-0.4, -0.2) is 35.6 Å². The van der Waals surface area contributed by atoms with E-state index in [4.69, 9.17) is 4.74 Å². The zero-order valence-corrected chi connectivity index (χ0v) is 25.1. The maximum atomic E-state index is 14.0. The minimum atomic E-state index is -4.54. The molecule has 2 aromatic heterocycles. The second-order valence-corrected chi connectivity index (χ2v) is 11.5. The van der Waals surface area contributed by atoms with E-state index in [-0.39, 0.29) is 17.8 Å². The molecule has 3 aromatic rings. The predicted molar refractivity (Wildman–Crippen MR) is 157 cm³/mol. The lowest BCUT2D eigenvalue weighted by atomic mass is 9.88. The second kappa shape index (κ2) is 15.2. The summed E-state index contributed by atoms with van der Waals surface area (Å²) in [5, 5.41) is 3.59. The van der Waals surface area contributed by atoms with Gasteiger partial charge in [0.25, 0.3) is 0 Å². The molecule has 0 atom stereocenters. The van der Waals surface area contributed by atoms with Crippen molar-refractivity contribution in [3.8, 4) is 17.0 Å². The van der Waals surface area contributed by atoms with Gasteiger partial charge in [0, 0.05) is 35.1 Å². The Kier molecular flexibility index (Phi) is 12.7. The third-order valence-electron chi connectivity index (χ3n) is 5.95. The number of nitrogens with one attached hydrogen (secondary N) is 1. The van der Waals surface area contributed by atoms with Crippen molar-refractivity contribution in [2.45, 2.75) is 79.4 Å². The van der Waals surface area contributed by atoms with Crippen molar-refractivity contribution >= 4 is 22.2 Å². The maximum Gasteiger partial charge on any atom is 0.420 e. The fourth-order valence-corrected chi connectivity index (χ4v) is 5.10. The smallest absolute Gasteiger partial charge is 0.420 e. The summed E-state index contributed by atoms with van der Waals surface area (Å²) in [6.45, 7) is 11.1. The molecule has 0 saturated carbocycles. The Bertz CT molecular complexity index is 1130. The molecule has 1 N–H and O–H groups in total. The third kappa shape index (κ3) is 10.4. The van der Waals surface area contributed by atoms with Gasteiger partial charge in [-0.25, -0.2) is 4.98 Å². The summed E-state index contributed by atoms with van der Waals surface area (Å²) < 4.78 is 47.7. The number of hydrogen-bond acceptors (Lipinski definition) is 6. The van der Waals surface area contributed by atoms with E-state index in [0.717, 1.165) is 47.9 Å². The topological polar surface area (TPSA) is 50.3 Å². The minimum absolute atomic E-state index is 0.150. The number of thiazole rings is 1. The van der Waals surface area contributed by atoms with Crippen molar-refractivity contribution in [1.82, 2.24) is 14.9 Å². The molecule has 0 aliphatic heterocycles. The van der Waals surface area contributed by atoms with Gasteiger partial charge in [-0.3, -0.25) is 4.98 Å². The molecule has 39 heavy (non-hydrogen) atoms. The van der Waals surface area contributed by atoms with Crippen LogP contribution in [0.3, 0.4) is 0 Å². The molecule has 216 valence electrons. The Labute approximate surface area is 235 Å². The number of pyridine rings is 1. The van der Waals surface area contributed by atoms with Gasteiger partial charge in [0.15, 0.2) is 5.13 Å². The number of halogens is 3. The van der Waals surface area contributed by atoms with Crippen LogP contribution in [0.1, 0.15) is 77.2 Å². The summed E-state index contributed by atoms with van der Waals surface area (Å²) in [6, 6.07) is 7.86. The van der Waals surface area contributed by atoms with Crippen LogP contribution < -0.4 is 10.1 Å². The van der Waals surface area contributed by atoms with E-state index in [1.165, 1.54) is 23.8 Å². The number of rotatable bonds is 13. The molecule has 5 nitrogen and oxygen atoms in total. The van der Waals surface area contributed by atoms with Crippen LogP contribution in [-0.2, 0) is 12.7 Å². The normalized spacial score (nSPS) is 11.8. The molecule has 0 aliphatic carbocycles. The number of nitrogens with zero attached hydrogens (tertiary/aromatic N) is 3. The molecule has 0 saturated heterocycles. The highest BCUT2D eigenvalue weighted by molar-refractivity contribution is 7.16. The van der Waals surface area contributed by atoms with E-state index in [1.807, 2.05) is 58.8 Å². The van der Waals surface area contributed by atoms with Crippen LogP contribution in [0.2, 0.25) is 0 Å². The van der Waals surface area contributed by atoms with Crippen molar-refractivity contribution in [2.75, 3.05) is 26.0 Å². The maximum absolute atomic E-state index is 14.0. The molecule has 0 spiro atoms. The quantitative estimate of drug-likeness (QED) is 0.210. The average Bonchev–Trinajstić information content (AvgIpc) is 3.28. The highest BCUT2D eigenvalue weighted by Crippen LogP contribution is 2.40. The van der Waals surface area contributed by atoms with E-state index in [2.05, 4.69) is 22.2 Å². The van der Waals surface area contributed by atoms with Gasteiger partial charge in [0.1, 0.15) is 5.75 Å². The number of hydrogen-bond donors (Lipinski definition) is 1. The monoisotopic (exact) mass is 564 g/mol. The minimum Gasteiger partial charge on any atom is -0.492 e. The first-order valence-electron chi connectivity index (χ1n) is 13.6. The molecule has 0 amide bonds. The number of ether oxygens (including phenoxy) is 1. The Morgan fingerprint density at radius 1 is 1.05 bits per heavy atom. The molecule has 0 radical (unpaired) electrons. The summed E-state index contributed by atoms with van der Waals surface area (Å²) in [7, 11) is 3.92. The van der Waals surface area contributed by atoms with Crippen LogP contribution >= 0.6 is 11.3 Å². The van der Waals surface area contributed by atoms with Gasteiger partial charge in [0.2, 0.25) is 0 Å². The highest BCUT2D eigenvalue weighted by Gasteiger charge is 2.35. The lowest BCUT2D eigenvalue weighted by Crippen LogP contribution is -2.22. The molecular formula is C30H43F3N4OS. The summed E-state index contributed by atoms with van der Waals surface area (Å²) in [4.78, 5) is 11.9. The van der Waals surface area contributed by atoms with Crippen molar-refractivity contribution < 1.29 is 17.9 Å². The van der Waals surface area contributed by atoms with Gasteiger partial charge in [0.05, 0.1) is 17.9 Å². The molecule has 3 rings (SSSR count). The molecule has 0 unspecified atom stereocenters. The van der Waals surface area contributed by atoms with Crippen LogP contribution in [0.5, 0.6) is 5.75 Å². The van der Waals surface area contributed by atoms with E-state index in [0.29, 0.717) is 17.4 Å². The van der Waals surface area contributed by atoms with E-state index in [1.54, 1.807) is 18.5 Å². The number of alkyl halides is 3. The van der Waals surface area contributed by atoms with Crippen LogP contribution in [0.25, 0.3) is 11.3 Å².